The lowest BCUT2D eigenvalue weighted by atomic mass is 10.2. The average Bonchev–Trinajstić information content (AvgIpc) is 2.74. The summed E-state index contributed by atoms with van der Waals surface area (Å²) in [6.45, 7) is 2.88. The van der Waals surface area contributed by atoms with Crippen molar-refractivity contribution in [3.63, 3.8) is 0 Å². The highest BCUT2D eigenvalue weighted by Crippen LogP contribution is 2.30. The third kappa shape index (κ3) is 5.27. The topological polar surface area (TPSA) is 60.5 Å². The molecule has 2 aromatic carbocycles. The Hall–Kier alpha value is -2.99. The van der Waals surface area contributed by atoms with Gasteiger partial charge >= 0.3 is 0 Å². The molecule has 144 valence electrons. The lowest BCUT2D eigenvalue weighted by Crippen LogP contribution is -2.22. The number of ether oxygens (including phenoxy) is 2. The van der Waals surface area contributed by atoms with E-state index in [-0.39, 0.29) is 5.91 Å². The summed E-state index contributed by atoms with van der Waals surface area (Å²) >= 11 is 1.65. The van der Waals surface area contributed by atoms with E-state index in [2.05, 4.69) is 10.3 Å². The number of rotatable bonds is 8. The second kappa shape index (κ2) is 9.80. The van der Waals surface area contributed by atoms with Gasteiger partial charge in [0.15, 0.2) is 11.5 Å². The summed E-state index contributed by atoms with van der Waals surface area (Å²) in [5, 5.41) is 2.90. The number of carbonyl (C=O) groups is 1. The van der Waals surface area contributed by atoms with Gasteiger partial charge in [-0.05, 0) is 55.1 Å². The van der Waals surface area contributed by atoms with Gasteiger partial charge in [-0.3, -0.25) is 4.79 Å². The zero-order valence-corrected chi connectivity index (χ0v) is 16.7. The zero-order chi connectivity index (χ0) is 19.8. The number of amides is 1. The minimum Gasteiger partial charge on any atom is -0.490 e. The molecule has 1 heterocycles. The molecule has 6 heteroatoms. The normalized spacial score (nSPS) is 10.4. The molecule has 0 radical (unpaired) electrons. The molecule has 1 N–H and O–H groups in total. The number of carbonyl (C=O) groups excluding carboxylic acids is 1. The van der Waals surface area contributed by atoms with Crippen LogP contribution in [0.2, 0.25) is 0 Å². The van der Waals surface area contributed by atoms with Crippen molar-refractivity contribution in [1.29, 1.82) is 0 Å². The third-order valence-electron chi connectivity index (χ3n) is 3.97. The van der Waals surface area contributed by atoms with Gasteiger partial charge < -0.3 is 14.8 Å². The number of hydrogen-bond acceptors (Lipinski definition) is 5. The van der Waals surface area contributed by atoms with Gasteiger partial charge in [0, 0.05) is 29.3 Å². The van der Waals surface area contributed by atoms with Crippen LogP contribution in [0.3, 0.4) is 0 Å². The van der Waals surface area contributed by atoms with Crippen molar-refractivity contribution in [1.82, 2.24) is 10.3 Å². The van der Waals surface area contributed by atoms with Crippen LogP contribution in [0.1, 0.15) is 22.8 Å². The molecule has 0 aliphatic heterocycles. The van der Waals surface area contributed by atoms with Crippen molar-refractivity contribution in [3.05, 3.63) is 78.0 Å². The van der Waals surface area contributed by atoms with Gasteiger partial charge in [-0.1, -0.05) is 18.2 Å². The minimum atomic E-state index is -0.112. The van der Waals surface area contributed by atoms with E-state index in [1.54, 1.807) is 24.0 Å². The van der Waals surface area contributed by atoms with Crippen molar-refractivity contribution < 1.29 is 14.3 Å². The molecule has 0 unspecified atom stereocenters. The molecule has 0 bridgehead atoms. The number of aromatic nitrogens is 1. The smallest absolute Gasteiger partial charge is 0.251 e. The van der Waals surface area contributed by atoms with Crippen LogP contribution in [0.15, 0.2) is 71.8 Å². The van der Waals surface area contributed by atoms with Crippen LogP contribution in [-0.2, 0) is 6.54 Å². The maximum Gasteiger partial charge on any atom is 0.251 e. The number of pyridine rings is 1. The maximum atomic E-state index is 12.2. The Bertz CT molecular complexity index is 912. The maximum absolute atomic E-state index is 12.2. The van der Waals surface area contributed by atoms with Crippen LogP contribution < -0.4 is 14.8 Å². The molecule has 1 aromatic heterocycles. The van der Waals surface area contributed by atoms with Crippen molar-refractivity contribution in [2.45, 2.75) is 18.4 Å². The fourth-order valence-corrected chi connectivity index (χ4v) is 2.93. The molecular weight excluding hydrogens is 372 g/mol. The number of nitrogens with zero attached hydrogens (tertiary/aromatic N) is 1. The number of benzene rings is 2. The van der Waals surface area contributed by atoms with Crippen molar-refractivity contribution >= 4 is 17.7 Å². The Morgan fingerprint density at radius 1 is 1.04 bits per heavy atom. The van der Waals surface area contributed by atoms with Crippen LogP contribution >= 0.6 is 11.8 Å². The highest BCUT2D eigenvalue weighted by Gasteiger charge is 2.08. The molecule has 0 atom stereocenters. The first-order chi connectivity index (χ1) is 13.7. The lowest BCUT2D eigenvalue weighted by molar-refractivity contribution is 0.0951. The lowest BCUT2D eigenvalue weighted by Gasteiger charge is -2.11. The summed E-state index contributed by atoms with van der Waals surface area (Å²) in [4.78, 5) is 17.7. The van der Waals surface area contributed by atoms with E-state index in [0.29, 0.717) is 36.1 Å². The van der Waals surface area contributed by atoms with E-state index in [9.17, 15) is 4.79 Å². The Morgan fingerprint density at radius 3 is 2.43 bits per heavy atom. The number of thioether (sulfide) groups is 1. The van der Waals surface area contributed by atoms with Crippen molar-refractivity contribution in [2.75, 3.05) is 12.9 Å². The quantitative estimate of drug-likeness (QED) is 0.549. The predicted molar refractivity (Wildman–Crippen MR) is 111 cm³/mol. The number of para-hydroxylation sites is 2. The Balaban J connectivity index is 1.58. The molecule has 0 fully saturated rings. The largest absolute Gasteiger partial charge is 0.490 e. The summed E-state index contributed by atoms with van der Waals surface area (Å²) in [6.07, 6.45) is 3.70. The van der Waals surface area contributed by atoms with Crippen LogP contribution in [0.5, 0.6) is 17.4 Å². The summed E-state index contributed by atoms with van der Waals surface area (Å²) < 4.78 is 11.4. The van der Waals surface area contributed by atoms with Gasteiger partial charge in [0.25, 0.3) is 5.91 Å². The van der Waals surface area contributed by atoms with Crippen LogP contribution in [0, 0.1) is 0 Å². The second-order valence-corrected chi connectivity index (χ2v) is 6.78. The monoisotopic (exact) mass is 394 g/mol. The molecule has 0 saturated carbocycles. The SMILES string of the molecule is CCOc1ccccc1Oc1ccc(CNC(=O)c2ccc(SC)cc2)cn1. The predicted octanol–water partition coefficient (Wildman–Crippen LogP) is 4.92. The van der Waals surface area contributed by atoms with Crippen LogP contribution in [0.4, 0.5) is 0 Å². The Labute approximate surface area is 169 Å². The molecule has 0 spiro atoms. The molecule has 0 saturated heterocycles. The second-order valence-electron chi connectivity index (χ2n) is 5.90. The molecule has 5 nitrogen and oxygen atoms in total. The summed E-state index contributed by atoms with van der Waals surface area (Å²) in [5.41, 5.74) is 1.53. The highest BCUT2D eigenvalue weighted by atomic mass is 32.2. The summed E-state index contributed by atoms with van der Waals surface area (Å²) in [5.74, 6) is 1.65. The third-order valence-corrected chi connectivity index (χ3v) is 4.71. The van der Waals surface area contributed by atoms with E-state index in [1.807, 2.05) is 67.8 Å². The molecule has 28 heavy (non-hydrogen) atoms. The minimum absolute atomic E-state index is 0.112. The molecule has 0 aliphatic rings. The van der Waals surface area contributed by atoms with Crippen molar-refractivity contribution in [2.24, 2.45) is 0 Å². The fourth-order valence-electron chi connectivity index (χ4n) is 2.52. The molecule has 3 aromatic rings. The van der Waals surface area contributed by atoms with Gasteiger partial charge in [0.05, 0.1) is 6.61 Å². The van der Waals surface area contributed by atoms with Gasteiger partial charge in [-0.15, -0.1) is 11.8 Å². The first-order valence-corrected chi connectivity index (χ1v) is 10.2. The summed E-state index contributed by atoms with van der Waals surface area (Å²) in [6, 6.07) is 18.6. The van der Waals surface area contributed by atoms with E-state index in [0.717, 1.165) is 10.5 Å². The van der Waals surface area contributed by atoms with Crippen LogP contribution in [0.25, 0.3) is 0 Å². The summed E-state index contributed by atoms with van der Waals surface area (Å²) in [7, 11) is 0. The van der Waals surface area contributed by atoms with E-state index < -0.39 is 0 Å². The Morgan fingerprint density at radius 2 is 1.79 bits per heavy atom. The van der Waals surface area contributed by atoms with Gasteiger partial charge in [-0.25, -0.2) is 4.98 Å². The van der Waals surface area contributed by atoms with Gasteiger partial charge in [-0.2, -0.15) is 0 Å². The average molecular weight is 394 g/mol. The standard InChI is InChI=1S/C22H22N2O3S/c1-3-26-19-6-4-5-7-20(19)27-21-13-8-16(14-23-21)15-24-22(25)17-9-11-18(28-2)12-10-17/h4-14H,3,15H2,1-2H3,(H,24,25). The van der Waals surface area contributed by atoms with E-state index >= 15 is 0 Å². The van der Waals surface area contributed by atoms with Gasteiger partial charge in [0.1, 0.15) is 0 Å². The first-order valence-electron chi connectivity index (χ1n) is 8.96. The van der Waals surface area contributed by atoms with E-state index in [1.165, 1.54) is 0 Å². The fraction of sp³-hybridized carbons (Fsp3) is 0.182. The number of nitrogens with one attached hydrogen (secondary N) is 1. The Kier molecular flexibility index (Phi) is 6.92. The molecule has 1 amide bonds. The molecular formula is C22H22N2O3S. The molecule has 0 aliphatic carbocycles. The highest BCUT2D eigenvalue weighted by molar-refractivity contribution is 7.98. The van der Waals surface area contributed by atoms with E-state index in [4.69, 9.17) is 9.47 Å². The van der Waals surface area contributed by atoms with Crippen LogP contribution in [-0.4, -0.2) is 23.8 Å². The zero-order valence-electron chi connectivity index (χ0n) is 15.8. The van der Waals surface area contributed by atoms with Gasteiger partial charge in [0.2, 0.25) is 5.88 Å². The number of hydrogen-bond donors (Lipinski definition) is 1. The molecule has 3 rings (SSSR count). The van der Waals surface area contributed by atoms with Crippen molar-refractivity contribution in [3.8, 4) is 17.4 Å². The first kappa shape index (κ1) is 19.8.